The van der Waals surface area contributed by atoms with E-state index in [1.54, 1.807) is 0 Å². The minimum Gasteiger partial charge on any atom is -0.309 e. The number of rotatable bonds is 5. The summed E-state index contributed by atoms with van der Waals surface area (Å²) in [5.41, 5.74) is 2.34. The maximum Gasteiger partial charge on any atom is 0.0841 e. The molecular weight excluding hydrogens is 222 g/mol. The fraction of sp³-hybridized carbons (Fsp3) is 0.533. The monoisotopic (exact) mass is 245 g/mol. The maximum atomic E-state index is 4.60. The smallest absolute Gasteiger partial charge is 0.0841 e. The lowest BCUT2D eigenvalue weighted by Crippen LogP contribution is -2.27. The Morgan fingerprint density at radius 2 is 1.94 bits per heavy atom. The van der Waals surface area contributed by atoms with E-state index >= 15 is 0 Å². The number of para-hydroxylation sites is 1. The van der Waals surface area contributed by atoms with Crippen molar-refractivity contribution in [3.05, 3.63) is 30.0 Å². The van der Waals surface area contributed by atoms with Gasteiger partial charge in [-0.05, 0) is 25.3 Å². The zero-order valence-corrected chi connectivity index (χ0v) is 11.8. The second kappa shape index (κ2) is 5.53. The molecule has 0 aliphatic carbocycles. The van der Waals surface area contributed by atoms with Crippen molar-refractivity contribution in [3.63, 3.8) is 0 Å². The Bertz CT molecular complexity index is 513. The number of benzene rings is 1. The van der Waals surface area contributed by atoms with Gasteiger partial charge in [0.2, 0.25) is 0 Å². The van der Waals surface area contributed by atoms with E-state index in [9.17, 15) is 0 Å². The molecule has 0 aliphatic rings. The average molecular weight is 245 g/mol. The van der Waals surface area contributed by atoms with Crippen molar-refractivity contribution in [2.75, 3.05) is 0 Å². The highest BCUT2D eigenvalue weighted by molar-refractivity contribution is 5.81. The largest absolute Gasteiger partial charge is 0.309 e. The molecule has 1 atom stereocenters. The molecule has 1 aromatic heterocycles. The molecule has 2 aromatic rings. The summed E-state index contributed by atoms with van der Waals surface area (Å²) in [5, 5.41) is 9.41. The van der Waals surface area contributed by atoms with Crippen LogP contribution < -0.4 is 5.32 Å². The number of nitrogens with one attached hydrogen (secondary N) is 1. The van der Waals surface area contributed by atoms with Gasteiger partial charge in [-0.3, -0.25) is 4.68 Å². The predicted octanol–water partition coefficient (Wildman–Crippen LogP) is 3.10. The van der Waals surface area contributed by atoms with Gasteiger partial charge >= 0.3 is 0 Å². The van der Waals surface area contributed by atoms with Crippen LogP contribution in [0.4, 0.5) is 0 Å². The van der Waals surface area contributed by atoms with Gasteiger partial charge in [0.05, 0.1) is 11.2 Å². The van der Waals surface area contributed by atoms with Crippen LogP contribution in [0.2, 0.25) is 0 Å². The first-order valence-corrected chi connectivity index (χ1v) is 6.72. The number of hydrogen-bond acceptors (Lipinski definition) is 2. The lowest BCUT2D eigenvalue weighted by Gasteiger charge is -2.15. The number of nitrogens with zero attached hydrogens (tertiary/aromatic N) is 2. The minimum absolute atomic E-state index is 0.533. The van der Waals surface area contributed by atoms with E-state index in [1.807, 2.05) is 11.7 Å². The first-order valence-electron chi connectivity index (χ1n) is 6.72. The third kappa shape index (κ3) is 2.91. The van der Waals surface area contributed by atoms with E-state index in [0.29, 0.717) is 6.04 Å². The lowest BCUT2D eigenvalue weighted by molar-refractivity contribution is 0.439. The highest BCUT2D eigenvalue weighted by Crippen LogP contribution is 2.17. The number of aryl methyl sites for hydroxylation is 1. The molecule has 1 unspecified atom stereocenters. The van der Waals surface area contributed by atoms with Crippen LogP contribution >= 0.6 is 0 Å². The normalized spacial score (nSPS) is 13.4. The van der Waals surface area contributed by atoms with Crippen molar-refractivity contribution in [1.29, 1.82) is 0 Å². The van der Waals surface area contributed by atoms with Crippen LogP contribution in [0.1, 0.15) is 32.9 Å². The molecule has 0 bridgehead atoms. The molecule has 0 radical (unpaired) electrons. The molecule has 18 heavy (non-hydrogen) atoms. The predicted molar refractivity (Wildman–Crippen MR) is 76.5 cm³/mol. The van der Waals surface area contributed by atoms with E-state index < -0.39 is 0 Å². The average Bonchev–Trinajstić information content (AvgIpc) is 2.64. The Morgan fingerprint density at radius 3 is 2.67 bits per heavy atom. The Hall–Kier alpha value is -1.35. The third-order valence-electron chi connectivity index (χ3n) is 3.28. The van der Waals surface area contributed by atoms with Crippen LogP contribution in [0.15, 0.2) is 24.3 Å². The molecule has 0 spiro atoms. The van der Waals surface area contributed by atoms with E-state index in [-0.39, 0.29) is 0 Å². The Morgan fingerprint density at radius 1 is 1.22 bits per heavy atom. The van der Waals surface area contributed by atoms with Gasteiger partial charge in [-0.2, -0.15) is 5.10 Å². The van der Waals surface area contributed by atoms with E-state index in [4.69, 9.17) is 0 Å². The van der Waals surface area contributed by atoms with Crippen LogP contribution in [-0.4, -0.2) is 15.8 Å². The van der Waals surface area contributed by atoms with Crippen LogP contribution in [0.3, 0.4) is 0 Å². The van der Waals surface area contributed by atoms with Crippen molar-refractivity contribution in [2.24, 2.45) is 13.0 Å². The van der Waals surface area contributed by atoms with Crippen LogP contribution in [-0.2, 0) is 13.6 Å². The molecule has 3 nitrogen and oxygen atoms in total. The molecule has 0 saturated carbocycles. The fourth-order valence-electron chi connectivity index (χ4n) is 2.48. The topological polar surface area (TPSA) is 29.9 Å². The highest BCUT2D eigenvalue weighted by Gasteiger charge is 2.09. The van der Waals surface area contributed by atoms with Gasteiger partial charge in [-0.25, -0.2) is 0 Å². The fourth-order valence-corrected chi connectivity index (χ4v) is 2.48. The molecular formula is C15H23N3. The molecule has 0 amide bonds. The highest BCUT2D eigenvalue weighted by atomic mass is 15.3. The molecule has 0 aliphatic heterocycles. The zero-order chi connectivity index (χ0) is 13.1. The quantitative estimate of drug-likeness (QED) is 0.877. The maximum absolute atomic E-state index is 4.60. The van der Waals surface area contributed by atoms with Crippen LogP contribution in [0.25, 0.3) is 10.9 Å². The van der Waals surface area contributed by atoms with E-state index in [1.165, 1.54) is 17.3 Å². The molecule has 1 aromatic carbocycles. The molecule has 1 heterocycles. The van der Waals surface area contributed by atoms with Gasteiger partial charge in [0.25, 0.3) is 0 Å². The van der Waals surface area contributed by atoms with Crippen molar-refractivity contribution >= 4 is 10.9 Å². The van der Waals surface area contributed by atoms with Gasteiger partial charge in [-0.15, -0.1) is 0 Å². The zero-order valence-electron chi connectivity index (χ0n) is 11.8. The Kier molecular flexibility index (Phi) is 4.02. The van der Waals surface area contributed by atoms with Crippen molar-refractivity contribution < 1.29 is 0 Å². The third-order valence-corrected chi connectivity index (χ3v) is 3.28. The molecule has 0 saturated heterocycles. The Balaban J connectivity index is 2.08. The molecule has 0 fully saturated rings. The van der Waals surface area contributed by atoms with Gasteiger partial charge in [0, 0.05) is 25.0 Å². The lowest BCUT2D eigenvalue weighted by atomic mass is 10.1. The van der Waals surface area contributed by atoms with Gasteiger partial charge in [0.15, 0.2) is 0 Å². The summed E-state index contributed by atoms with van der Waals surface area (Å²) in [4.78, 5) is 0. The summed E-state index contributed by atoms with van der Waals surface area (Å²) in [6.07, 6.45) is 1.20. The second-order valence-electron chi connectivity index (χ2n) is 5.50. The van der Waals surface area contributed by atoms with Crippen molar-refractivity contribution in [3.8, 4) is 0 Å². The first-order chi connectivity index (χ1) is 8.58. The van der Waals surface area contributed by atoms with Gasteiger partial charge in [-0.1, -0.05) is 32.0 Å². The van der Waals surface area contributed by atoms with Crippen molar-refractivity contribution in [2.45, 2.75) is 39.8 Å². The summed E-state index contributed by atoms with van der Waals surface area (Å²) in [7, 11) is 2.00. The summed E-state index contributed by atoms with van der Waals surface area (Å²) < 4.78 is 1.96. The first kappa shape index (κ1) is 13.1. The van der Waals surface area contributed by atoms with Crippen LogP contribution in [0, 0.1) is 5.92 Å². The van der Waals surface area contributed by atoms with Gasteiger partial charge < -0.3 is 5.32 Å². The number of fused-ring (bicyclic) bond motifs is 1. The summed E-state index contributed by atoms with van der Waals surface area (Å²) >= 11 is 0. The van der Waals surface area contributed by atoms with E-state index in [2.05, 4.69) is 55.5 Å². The second-order valence-corrected chi connectivity index (χ2v) is 5.50. The standard InChI is InChI=1S/C15H23N3/c1-11(2)9-12(3)16-10-14-13-7-5-6-8-15(13)18(4)17-14/h5-8,11-12,16H,9-10H2,1-4H3. The van der Waals surface area contributed by atoms with E-state index in [0.717, 1.165) is 18.2 Å². The summed E-state index contributed by atoms with van der Waals surface area (Å²) in [6, 6.07) is 8.93. The SMILES string of the molecule is CC(C)CC(C)NCc1nn(C)c2ccccc12. The molecule has 1 N–H and O–H groups in total. The number of hydrogen-bond donors (Lipinski definition) is 1. The van der Waals surface area contributed by atoms with Gasteiger partial charge in [0.1, 0.15) is 0 Å². The molecule has 3 heteroatoms. The number of aromatic nitrogens is 2. The summed E-state index contributed by atoms with van der Waals surface area (Å²) in [5.74, 6) is 0.730. The van der Waals surface area contributed by atoms with Crippen molar-refractivity contribution in [1.82, 2.24) is 15.1 Å². The molecule has 2 rings (SSSR count). The molecule has 98 valence electrons. The van der Waals surface area contributed by atoms with Crippen LogP contribution in [0.5, 0.6) is 0 Å². The summed E-state index contributed by atoms with van der Waals surface area (Å²) in [6.45, 7) is 7.60. The Labute approximate surface area is 109 Å². The minimum atomic E-state index is 0.533.